The summed E-state index contributed by atoms with van der Waals surface area (Å²) in [5, 5.41) is 4.24. The van der Waals surface area contributed by atoms with Gasteiger partial charge in [0, 0.05) is 23.3 Å². The molecule has 0 aliphatic heterocycles. The van der Waals surface area contributed by atoms with Crippen LogP contribution in [0.5, 0.6) is 0 Å². The van der Waals surface area contributed by atoms with E-state index in [1.807, 2.05) is 32.1 Å². The zero-order chi connectivity index (χ0) is 13.9. The first-order chi connectivity index (χ1) is 8.97. The number of hydrogen-bond acceptors (Lipinski definition) is 3. The normalized spacial score (nSPS) is 15.1. The lowest BCUT2D eigenvalue weighted by molar-refractivity contribution is -0.128. The fraction of sp³-hybridized carbons (Fsp3) is 0.733. The minimum atomic E-state index is -0.291. The van der Waals surface area contributed by atoms with Gasteiger partial charge in [0.25, 0.3) is 0 Å². The molecule has 0 unspecified atom stereocenters. The van der Waals surface area contributed by atoms with Gasteiger partial charge >= 0.3 is 0 Å². The summed E-state index contributed by atoms with van der Waals surface area (Å²) < 4.78 is 0. The Hall–Kier alpha value is -0.900. The lowest BCUT2D eigenvalue weighted by atomic mass is 9.96. The second kappa shape index (κ2) is 6.04. The number of carbonyl (C=O) groups is 1. The number of thiazole rings is 1. The molecule has 19 heavy (non-hydrogen) atoms. The third-order valence-corrected chi connectivity index (χ3v) is 4.64. The van der Waals surface area contributed by atoms with Crippen LogP contribution in [0.4, 0.5) is 0 Å². The SMILES string of the molecule is CC(C)(C)C(=O)NCCCc1nc2c(s1)CCCC2. The van der Waals surface area contributed by atoms with Crippen molar-refractivity contribution in [3.05, 3.63) is 15.6 Å². The Kier molecular flexibility index (Phi) is 4.61. The van der Waals surface area contributed by atoms with Gasteiger partial charge < -0.3 is 5.32 Å². The zero-order valence-corrected chi connectivity index (χ0v) is 13.0. The second-order valence-corrected chi connectivity index (χ2v) is 7.46. The van der Waals surface area contributed by atoms with E-state index in [0.717, 1.165) is 25.8 Å². The number of nitrogens with zero attached hydrogens (tertiary/aromatic N) is 1. The third-order valence-electron chi connectivity index (χ3n) is 3.42. The molecule has 0 atom stereocenters. The number of rotatable bonds is 4. The van der Waals surface area contributed by atoms with Crippen molar-refractivity contribution in [1.29, 1.82) is 0 Å². The summed E-state index contributed by atoms with van der Waals surface area (Å²) >= 11 is 1.88. The first kappa shape index (κ1) is 14.5. The van der Waals surface area contributed by atoms with Crippen molar-refractivity contribution in [2.75, 3.05) is 6.54 Å². The van der Waals surface area contributed by atoms with Gasteiger partial charge in [-0.3, -0.25) is 4.79 Å². The van der Waals surface area contributed by atoms with Crippen LogP contribution in [0.2, 0.25) is 0 Å². The van der Waals surface area contributed by atoms with Crippen molar-refractivity contribution in [2.45, 2.75) is 59.3 Å². The first-order valence-corrected chi connectivity index (χ1v) is 8.04. The molecule has 0 aromatic carbocycles. The Morgan fingerprint density at radius 1 is 1.32 bits per heavy atom. The van der Waals surface area contributed by atoms with Crippen molar-refractivity contribution in [2.24, 2.45) is 5.41 Å². The maximum atomic E-state index is 11.7. The van der Waals surface area contributed by atoms with Gasteiger partial charge in [0.05, 0.1) is 10.7 Å². The first-order valence-electron chi connectivity index (χ1n) is 7.22. The predicted molar refractivity (Wildman–Crippen MR) is 79.5 cm³/mol. The number of carbonyl (C=O) groups excluding carboxylic acids is 1. The molecular weight excluding hydrogens is 256 g/mol. The minimum Gasteiger partial charge on any atom is -0.356 e. The fourth-order valence-electron chi connectivity index (χ4n) is 2.22. The van der Waals surface area contributed by atoms with E-state index in [1.165, 1.54) is 34.8 Å². The molecule has 1 aromatic heterocycles. The van der Waals surface area contributed by atoms with Gasteiger partial charge in [0.1, 0.15) is 0 Å². The highest BCUT2D eigenvalue weighted by molar-refractivity contribution is 7.11. The standard InChI is InChI=1S/C15H24N2OS/c1-15(2,3)14(18)16-10-6-9-13-17-11-7-4-5-8-12(11)19-13/h4-10H2,1-3H3,(H,16,18). The molecule has 0 saturated heterocycles. The van der Waals surface area contributed by atoms with Crippen LogP contribution in [-0.4, -0.2) is 17.4 Å². The monoisotopic (exact) mass is 280 g/mol. The topological polar surface area (TPSA) is 42.0 Å². The molecule has 0 fully saturated rings. The number of nitrogens with one attached hydrogen (secondary N) is 1. The third kappa shape index (κ3) is 4.03. The molecule has 106 valence electrons. The Morgan fingerprint density at radius 2 is 2.05 bits per heavy atom. The predicted octanol–water partition coefficient (Wildman–Crippen LogP) is 3.12. The summed E-state index contributed by atoms with van der Waals surface area (Å²) in [4.78, 5) is 17.9. The molecule has 1 aromatic rings. The van der Waals surface area contributed by atoms with Crippen LogP contribution in [0.15, 0.2) is 0 Å². The maximum absolute atomic E-state index is 11.7. The summed E-state index contributed by atoms with van der Waals surface area (Å²) in [6.45, 7) is 6.58. The smallest absolute Gasteiger partial charge is 0.225 e. The highest BCUT2D eigenvalue weighted by atomic mass is 32.1. The van der Waals surface area contributed by atoms with Gasteiger partial charge in [-0.2, -0.15) is 0 Å². The largest absolute Gasteiger partial charge is 0.356 e. The van der Waals surface area contributed by atoms with Crippen LogP contribution in [-0.2, 0) is 24.1 Å². The molecule has 2 rings (SSSR count). The zero-order valence-electron chi connectivity index (χ0n) is 12.2. The molecule has 0 bridgehead atoms. The minimum absolute atomic E-state index is 0.130. The number of hydrogen-bond donors (Lipinski definition) is 1. The van der Waals surface area contributed by atoms with Crippen LogP contribution in [0.1, 0.15) is 55.6 Å². The Balaban J connectivity index is 1.74. The summed E-state index contributed by atoms with van der Waals surface area (Å²) in [7, 11) is 0. The molecule has 4 heteroatoms. The molecule has 1 N–H and O–H groups in total. The average Bonchev–Trinajstić information content (AvgIpc) is 2.75. The molecule has 1 amide bonds. The van der Waals surface area contributed by atoms with Crippen LogP contribution >= 0.6 is 11.3 Å². The maximum Gasteiger partial charge on any atom is 0.225 e. The summed E-state index contributed by atoms with van der Waals surface area (Å²) in [6, 6.07) is 0. The second-order valence-electron chi connectivity index (χ2n) is 6.29. The average molecular weight is 280 g/mol. The van der Waals surface area contributed by atoms with E-state index in [-0.39, 0.29) is 11.3 Å². The van der Waals surface area contributed by atoms with Crippen molar-refractivity contribution < 1.29 is 4.79 Å². The van der Waals surface area contributed by atoms with Crippen LogP contribution in [0.25, 0.3) is 0 Å². The van der Waals surface area contributed by atoms with Gasteiger partial charge in [-0.25, -0.2) is 4.98 Å². The Labute approximate surface area is 119 Å². The van der Waals surface area contributed by atoms with Crippen molar-refractivity contribution in [3.63, 3.8) is 0 Å². The van der Waals surface area contributed by atoms with Gasteiger partial charge in [0.2, 0.25) is 5.91 Å². The lowest BCUT2D eigenvalue weighted by Crippen LogP contribution is -2.35. The van der Waals surface area contributed by atoms with E-state index in [0.29, 0.717) is 0 Å². The number of amides is 1. The quantitative estimate of drug-likeness (QED) is 0.861. The molecular formula is C15H24N2OS. The molecule has 1 aliphatic carbocycles. The van der Waals surface area contributed by atoms with E-state index < -0.39 is 0 Å². The highest BCUT2D eigenvalue weighted by Crippen LogP contribution is 2.27. The Morgan fingerprint density at radius 3 is 2.74 bits per heavy atom. The van der Waals surface area contributed by atoms with Crippen LogP contribution < -0.4 is 5.32 Å². The van der Waals surface area contributed by atoms with Gasteiger partial charge in [-0.1, -0.05) is 20.8 Å². The van der Waals surface area contributed by atoms with Crippen molar-refractivity contribution in [3.8, 4) is 0 Å². The number of aryl methyl sites for hydroxylation is 3. The molecule has 0 saturated carbocycles. The van der Waals surface area contributed by atoms with Gasteiger partial charge in [-0.15, -0.1) is 11.3 Å². The van der Waals surface area contributed by atoms with Crippen molar-refractivity contribution >= 4 is 17.2 Å². The lowest BCUT2D eigenvalue weighted by Gasteiger charge is -2.17. The summed E-state index contributed by atoms with van der Waals surface area (Å²) in [5.41, 5.74) is 1.05. The van der Waals surface area contributed by atoms with E-state index >= 15 is 0 Å². The van der Waals surface area contributed by atoms with Crippen molar-refractivity contribution in [1.82, 2.24) is 10.3 Å². The molecule has 0 spiro atoms. The van der Waals surface area contributed by atoms with E-state index in [1.54, 1.807) is 0 Å². The molecule has 3 nitrogen and oxygen atoms in total. The van der Waals surface area contributed by atoms with E-state index in [9.17, 15) is 4.79 Å². The highest BCUT2D eigenvalue weighted by Gasteiger charge is 2.20. The fourth-order valence-corrected chi connectivity index (χ4v) is 3.42. The number of aromatic nitrogens is 1. The molecule has 1 heterocycles. The van der Waals surface area contributed by atoms with Crippen LogP contribution in [0.3, 0.4) is 0 Å². The van der Waals surface area contributed by atoms with Gasteiger partial charge in [0.15, 0.2) is 0 Å². The van der Waals surface area contributed by atoms with E-state index in [4.69, 9.17) is 4.98 Å². The summed E-state index contributed by atoms with van der Waals surface area (Å²) in [6.07, 6.45) is 6.95. The number of fused-ring (bicyclic) bond motifs is 1. The summed E-state index contributed by atoms with van der Waals surface area (Å²) in [5.74, 6) is 0.130. The molecule has 0 radical (unpaired) electrons. The Bertz CT molecular complexity index is 422. The molecule has 1 aliphatic rings. The van der Waals surface area contributed by atoms with Gasteiger partial charge in [-0.05, 0) is 32.1 Å². The van der Waals surface area contributed by atoms with E-state index in [2.05, 4.69) is 5.32 Å². The van der Waals surface area contributed by atoms with Crippen LogP contribution in [0, 0.1) is 5.41 Å².